The van der Waals surface area contributed by atoms with Crippen LogP contribution in [0.15, 0.2) is 54.6 Å². The van der Waals surface area contributed by atoms with E-state index in [1.807, 2.05) is 6.07 Å². The van der Waals surface area contributed by atoms with Gasteiger partial charge >= 0.3 is 0 Å². The predicted molar refractivity (Wildman–Crippen MR) is 104 cm³/mol. The first kappa shape index (κ1) is 18.5. The molecule has 0 radical (unpaired) electrons. The largest absolute Gasteiger partial charge is 0.349 e. The van der Waals surface area contributed by atoms with Crippen LogP contribution in [0.5, 0.6) is 0 Å². The van der Waals surface area contributed by atoms with Crippen LogP contribution in [0.4, 0.5) is 5.69 Å². The predicted octanol–water partition coefficient (Wildman–Crippen LogP) is 3.51. The van der Waals surface area contributed by atoms with Gasteiger partial charge in [-0.15, -0.1) is 0 Å². The average molecular weight is 372 g/mol. The maximum absolute atomic E-state index is 12.5. The summed E-state index contributed by atoms with van der Waals surface area (Å²) in [5.41, 5.74) is 2.23. The zero-order valence-corrected chi connectivity index (χ0v) is 15.6. The van der Waals surface area contributed by atoms with Crippen LogP contribution in [-0.4, -0.2) is 26.6 Å². The molecule has 2 aromatic carbocycles. The van der Waals surface area contributed by atoms with Crippen LogP contribution in [0, 0.1) is 0 Å². The standard InChI is InChI=1S/C20H24N2O3S/c1-26(24,25)22-19-9-5-8-17(14-19)20(23)21-18-12-10-16(11-13-18)15-6-3-2-4-7-15/h2-9,14,16,18,22H,10-13H2,1H3,(H,21,23). The van der Waals surface area contributed by atoms with Crippen LogP contribution >= 0.6 is 0 Å². The highest BCUT2D eigenvalue weighted by molar-refractivity contribution is 7.92. The van der Waals surface area contributed by atoms with Crippen molar-refractivity contribution in [2.75, 3.05) is 11.0 Å². The zero-order chi connectivity index (χ0) is 18.6. The molecule has 138 valence electrons. The van der Waals surface area contributed by atoms with Crippen LogP contribution in [-0.2, 0) is 10.0 Å². The lowest BCUT2D eigenvalue weighted by molar-refractivity contribution is 0.0926. The number of anilines is 1. The Kier molecular flexibility index (Phi) is 5.61. The molecule has 1 aliphatic carbocycles. The van der Waals surface area contributed by atoms with E-state index < -0.39 is 10.0 Å². The van der Waals surface area contributed by atoms with Gasteiger partial charge in [-0.25, -0.2) is 8.42 Å². The molecule has 0 atom stereocenters. The number of carbonyl (C=O) groups is 1. The summed E-state index contributed by atoms with van der Waals surface area (Å²) in [6.45, 7) is 0. The lowest BCUT2D eigenvalue weighted by atomic mass is 9.82. The lowest BCUT2D eigenvalue weighted by Gasteiger charge is -2.29. The minimum absolute atomic E-state index is 0.161. The maximum atomic E-state index is 12.5. The van der Waals surface area contributed by atoms with E-state index in [-0.39, 0.29) is 11.9 Å². The van der Waals surface area contributed by atoms with Gasteiger partial charge in [0.1, 0.15) is 0 Å². The van der Waals surface area contributed by atoms with Gasteiger partial charge < -0.3 is 5.32 Å². The third kappa shape index (κ3) is 5.08. The van der Waals surface area contributed by atoms with Crippen LogP contribution in [0.25, 0.3) is 0 Å². The smallest absolute Gasteiger partial charge is 0.251 e. The van der Waals surface area contributed by atoms with Crippen LogP contribution < -0.4 is 10.0 Å². The van der Waals surface area contributed by atoms with Crippen molar-refractivity contribution >= 4 is 21.6 Å². The fourth-order valence-corrected chi connectivity index (χ4v) is 4.06. The van der Waals surface area contributed by atoms with E-state index in [9.17, 15) is 13.2 Å². The van der Waals surface area contributed by atoms with Gasteiger partial charge in [0.25, 0.3) is 5.91 Å². The second-order valence-electron chi connectivity index (χ2n) is 6.89. The molecule has 1 amide bonds. The zero-order valence-electron chi connectivity index (χ0n) is 14.8. The molecule has 0 heterocycles. The van der Waals surface area contributed by atoms with E-state index >= 15 is 0 Å². The van der Waals surface area contributed by atoms with Gasteiger partial charge in [-0.05, 0) is 55.4 Å². The molecule has 0 saturated heterocycles. The van der Waals surface area contributed by atoms with Crippen molar-refractivity contribution in [1.82, 2.24) is 5.32 Å². The summed E-state index contributed by atoms with van der Waals surface area (Å²) in [5, 5.41) is 3.08. The van der Waals surface area contributed by atoms with Gasteiger partial charge in [0, 0.05) is 17.3 Å². The molecule has 3 rings (SSSR count). The van der Waals surface area contributed by atoms with E-state index in [4.69, 9.17) is 0 Å². The molecular weight excluding hydrogens is 348 g/mol. The quantitative estimate of drug-likeness (QED) is 0.843. The Morgan fingerprint density at radius 3 is 2.31 bits per heavy atom. The highest BCUT2D eigenvalue weighted by atomic mass is 32.2. The molecule has 0 aliphatic heterocycles. The molecule has 1 fully saturated rings. The number of hydrogen-bond acceptors (Lipinski definition) is 3. The Bertz CT molecular complexity index is 858. The van der Waals surface area contributed by atoms with Gasteiger partial charge in [0.2, 0.25) is 10.0 Å². The Labute approximate surface area is 154 Å². The number of sulfonamides is 1. The van der Waals surface area contributed by atoms with Crippen molar-refractivity contribution in [3.05, 3.63) is 65.7 Å². The molecule has 6 heteroatoms. The number of nitrogens with one attached hydrogen (secondary N) is 2. The molecule has 0 aromatic heterocycles. The van der Waals surface area contributed by atoms with Gasteiger partial charge in [-0.1, -0.05) is 36.4 Å². The van der Waals surface area contributed by atoms with Gasteiger partial charge in [-0.3, -0.25) is 9.52 Å². The van der Waals surface area contributed by atoms with E-state index in [1.165, 1.54) is 5.56 Å². The van der Waals surface area contributed by atoms with Crippen LogP contribution in [0.1, 0.15) is 47.5 Å². The molecule has 2 aromatic rings. The fraction of sp³-hybridized carbons (Fsp3) is 0.350. The summed E-state index contributed by atoms with van der Waals surface area (Å²) in [4.78, 5) is 12.5. The van der Waals surface area contributed by atoms with Gasteiger partial charge in [0.05, 0.1) is 6.26 Å². The molecule has 0 bridgehead atoms. The molecule has 26 heavy (non-hydrogen) atoms. The summed E-state index contributed by atoms with van der Waals surface area (Å²) in [5.74, 6) is 0.400. The van der Waals surface area contributed by atoms with Gasteiger partial charge in [0.15, 0.2) is 0 Å². The van der Waals surface area contributed by atoms with Crippen molar-refractivity contribution in [1.29, 1.82) is 0 Å². The first-order valence-electron chi connectivity index (χ1n) is 8.84. The highest BCUT2D eigenvalue weighted by Crippen LogP contribution is 2.32. The number of carbonyl (C=O) groups excluding carboxylic acids is 1. The Hall–Kier alpha value is -2.34. The topological polar surface area (TPSA) is 75.3 Å². The Morgan fingerprint density at radius 1 is 0.962 bits per heavy atom. The second kappa shape index (κ2) is 7.91. The molecule has 5 nitrogen and oxygen atoms in total. The summed E-state index contributed by atoms with van der Waals surface area (Å²) in [7, 11) is -3.36. The number of amides is 1. The minimum Gasteiger partial charge on any atom is -0.349 e. The van der Waals surface area contributed by atoms with E-state index in [0.717, 1.165) is 31.9 Å². The lowest BCUT2D eigenvalue weighted by Crippen LogP contribution is -2.37. The molecule has 0 unspecified atom stereocenters. The highest BCUT2D eigenvalue weighted by Gasteiger charge is 2.23. The number of benzene rings is 2. The molecule has 2 N–H and O–H groups in total. The minimum atomic E-state index is -3.36. The SMILES string of the molecule is CS(=O)(=O)Nc1cccc(C(=O)NC2CCC(c3ccccc3)CC2)c1. The van der Waals surface area contributed by atoms with Gasteiger partial charge in [-0.2, -0.15) is 0 Å². The molecule has 1 saturated carbocycles. The first-order chi connectivity index (χ1) is 12.4. The summed E-state index contributed by atoms with van der Waals surface area (Å²) in [6, 6.07) is 17.2. The van der Waals surface area contributed by atoms with E-state index in [1.54, 1.807) is 24.3 Å². The van der Waals surface area contributed by atoms with Crippen molar-refractivity contribution in [2.45, 2.75) is 37.6 Å². The summed E-state index contributed by atoms with van der Waals surface area (Å²) < 4.78 is 25.1. The summed E-state index contributed by atoms with van der Waals surface area (Å²) in [6.07, 6.45) is 5.11. The van der Waals surface area contributed by atoms with E-state index in [0.29, 0.717) is 17.2 Å². The summed E-state index contributed by atoms with van der Waals surface area (Å²) >= 11 is 0. The number of hydrogen-bond donors (Lipinski definition) is 2. The van der Waals surface area contributed by atoms with Crippen molar-refractivity contribution in [2.24, 2.45) is 0 Å². The second-order valence-corrected chi connectivity index (χ2v) is 8.64. The fourth-order valence-electron chi connectivity index (χ4n) is 3.50. The maximum Gasteiger partial charge on any atom is 0.251 e. The van der Waals surface area contributed by atoms with Crippen molar-refractivity contribution in [3.63, 3.8) is 0 Å². The molecular formula is C20H24N2O3S. The third-order valence-electron chi connectivity index (χ3n) is 4.76. The van der Waals surface area contributed by atoms with Crippen molar-refractivity contribution in [3.8, 4) is 0 Å². The van der Waals surface area contributed by atoms with Crippen LogP contribution in [0.2, 0.25) is 0 Å². The monoisotopic (exact) mass is 372 g/mol. The third-order valence-corrected chi connectivity index (χ3v) is 5.37. The van der Waals surface area contributed by atoms with Crippen LogP contribution in [0.3, 0.4) is 0 Å². The Morgan fingerprint density at radius 2 is 1.65 bits per heavy atom. The Balaban J connectivity index is 1.57. The average Bonchev–Trinajstić information content (AvgIpc) is 2.62. The first-order valence-corrected chi connectivity index (χ1v) is 10.7. The van der Waals surface area contributed by atoms with E-state index in [2.05, 4.69) is 34.3 Å². The van der Waals surface area contributed by atoms with Crippen molar-refractivity contribution < 1.29 is 13.2 Å². The normalized spacial score (nSPS) is 20.3. The molecule has 0 spiro atoms. The molecule has 1 aliphatic rings. The number of rotatable bonds is 5.